The quantitative estimate of drug-likeness (QED) is 0.617. The minimum absolute atomic E-state index is 0.0149. The number of carbonyl (C=O) groups is 2. The summed E-state index contributed by atoms with van der Waals surface area (Å²) in [5.41, 5.74) is 2.38. The van der Waals surface area contributed by atoms with E-state index in [9.17, 15) is 14.7 Å². The smallest absolute Gasteiger partial charge is 0.302 e. The van der Waals surface area contributed by atoms with Gasteiger partial charge < -0.3 is 28.8 Å². The molecule has 0 bridgehead atoms. The van der Waals surface area contributed by atoms with Crippen molar-refractivity contribution in [2.75, 3.05) is 27.4 Å². The van der Waals surface area contributed by atoms with E-state index in [1.54, 1.807) is 25.3 Å². The molecule has 2 aromatic rings. The summed E-state index contributed by atoms with van der Waals surface area (Å²) in [4.78, 5) is 22.5. The molecule has 0 aliphatic carbocycles. The van der Waals surface area contributed by atoms with Gasteiger partial charge in [0.2, 0.25) is 0 Å². The molecule has 0 amide bonds. The van der Waals surface area contributed by atoms with Gasteiger partial charge in [0.25, 0.3) is 0 Å². The first-order valence-electron chi connectivity index (χ1n) is 10.0. The second-order valence-electron chi connectivity index (χ2n) is 7.23. The Labute approximate surface area is 186 Å². The predicted octanol–water partition coefficient (Wildman–Crippen LogP) is 3.77. The first-order chi connectivity index (χ1) is 15.3. The SMILES string of the molecule is COc1cc([C@@H]2Oc3c(OC)cc(C=CCOC(C)=O)cc3[C@H]2COC(C)=O)ccc1O. The van der Waals surface area contributed by atoms with Gasteiger partial charge >= 0.3 is 11.9 Å². The molecule has 8 heteroatoms. The highest BCUT2D eigenvalue weighted by Gasteiger charge is 2.39. The number of hydrogen-bond acceptors (Lipinski definition) is 8. The molecule has 170 valence electrons. The standard InChI is InChI=1S/C24H26O8/c1-14(25)30-9-5-6-16-10-18-19(13-31-15(2)26)23(32-24(18)22(11-16)29-4)17-7-8-20(27)21(12-17)28-3/h5-8,10-12,19,23,27H,9,13H2,1-4H3/t19-,23+/m1/s1. The van der Waals surface area contributed by atoms with E-state index in [1.807, 2.05) is 18.2 Å². The van der Waals surface area contributed by atoms with Gasteiger partial charge in [-0.15, -0.1) is 0 Å². The summed E-state index contributed by atoms with van der Waals surface area (Å²) in [7, 11) is 3.01. The van der Waals surface area contributed by atoms with Gasteiger partial charge in [0.15, 0.2) is 23.0 Å². The third kappa shape index (κ3) is 5.14. The van der Waals surface area contributed by atoms with E-state index in [0.717, 1.165) is 16.7 Å². The van der Waals surface area contributed by atoms with Crippen molar-refractivity contribution >= 4 is 18.0 Å². The molecule has 2 aromatic carbocycles. The number of ether oxygens (including phenoxy) is 5. The topological polar surface area (TPSA) is 101 Å². The average Bonchev–Trinajstić information content (AvgIpc) is 3.13. The molecule has 0 spiro atoms. The second-order valence-corrected chi connectivity index (χ2v) is 7.23. The highest BCUT2D eigenvalue weighted by Crippen LogP contribution is 2.51. The van der Waals surface area contributed by atoms with Crippen LogP contribution in [-0.4, -0.2) is 44.5 Å². The van der Waals surface area contributed by atoms with Gasteiger partial charge in [-0.3, -0.25) is 9.59 Å². The molecular formula is C24H26O8. The van der Waals surface area contributed by atoms with Crippen LogP contribution in [0.15, 0.2) is 36.4 Å². The highest BCUT2D eigenvalue weighted by atomic mass is 16.5. The molecule has 1 aliphatic rings. The zero-order chi connectivity index (χ0) is 23.3. The molecule has 1 N–H and O–H groups in total. The molecule has 0 aromatic heterocycles. The van der Waals surface area contributed by atoms with Gasteiger partial charge in [-0.2, -0.15) is 0 Å². The Balaban J connectivity index is 2.00. The van der Waals surface area contributed by atoms with Crippen molar-refractivity contribution in [2.24, 2.45) is 0 Å². The van der Waals surface area contributed by atoms with E-state index in [2.05, 4.69) is 0 Å². The Morgan fingerprint density at radius 3 is 2.41 bits per heavy atom. The lowest BCUT2D eigenvalue weighted by Crippen LogP contribution is -2.17. The van der Waals surface area contributed by atoms with Gasteiger partial charge in [-0.1, -0.05) is 12.1 Å². The molecule has 1 aliphatic heterocycles. The number of carbonyl (C=O) groups excluding carboxylic acids is 2. The number of fused-ring (bicyclic) bond motifs is 1. The van der Waals surface area contributed by atoms with Crippen molar-refractivity contribution in [1.29, 1.82) is 0 Å². The van der Waals surface area contributed by atoms with Crippen LogP contribution in [0.2, 0.25) is 0 Å². The molecule has 0 fully saturated rings. The maximum atomic E-state index is 11.5. The van der Waals surface area contributed by atoms with Crippen LogP contribution in [0.5, 0.6) is 23.0 Å². The number of methoxy groups -OCH3 is 2. The average molecular weight is 442 g/mol. The van der Waals surface area contributed by atoms with Crippen molar-refractivity contribution in [3.05, 3.63) is 53.1 Å². The number of hydrogen-bond donors (Lipinski definition) is 1. The lowest BCUT2D eigenvalue weighted by molar-refractivity contribution is -0.142. The van der Waals surface area contributed by atoms with Crippen molar-refractivity contribution in [3.8, 4) is 23.0 Å². The van der Waals surface area contributed by atoms with Gasteiger partial charge in [-0.25, -0.2) is 0 Å². The zero-order valence-corrected chi connectivity index (χ0v) is 18.4. The molecule has 3 rings (SSSR count). The fourth-order valence-electron chi connectivity index (χ4n) is 3.57. The number of phenolic OH excluding ortho intramolecular Hbond substituents is 1. The third-order valence-electron chi connectivity index (χ3n) is 5.03. The fraction of sp³-hybridized carbons (Fsp3) is 0.333. The summed E-state index contributed by atoms with van der Waals surface area (Å²) < 4.78 is 27.3. The largest absolute Gasteiger partial charge is 0.504 e. The molecular weight excluding hydrogens is 416 g/mol. The van der Waals surface area contributed by atoms with Crippen LogP contribution in [0.4, 0.5) is 0 Å². The number of aromatic hydroxyl groups is 1. The second kappa shape index (κ2) is 10.1. The number of benzene rings is 2. The summed E-state index contributed by atoms with van der Waals surface area (Å²) in [5, 5.41) is 9.95. The number of rotatable bonds is 8. The zero-order valence-electron chi connectivity index (χ0n) is 18.4. The van der Waals surface area contributed by atoms with E-state index >= 15 is 0 Å². The van der Waals surface area contributed by atoms with Gasteiger partial charge in [0.05, 0.1) is 20.1 Å². The minimum atomic E-state index is -0.493. The normalized spacial score (nSPS) is 16.9. The summed E-state index contributed by atoms with van der Waals surface area (Å²) in [6.45, 7) is 2.95. The summed E-state index contributed by atoms with van der Waals surface area (Å²) in [6, 6.07) is 8.70. The Bertz CT molecular complexity index is 1030. The maximum absolute atomic E-state index is 11.5. The Kier molecular flexibility index (Phi) is 7.25. The van der Waals surface area contributed by atoms with E-state index < -0.39 is 12.1 Å². The molecule has 0 radical (unpaired) electrons. The molecule has 0 unspecified atom stereocenters. The minimum Gasteiger partial charge on any atom is -0.504 e. The van der Waals surface area contributed by atoms with Crippen LogP contribution in [-0.2, 0) is 19.1 Å². The van der Waals surface area contributed by atoms with E-state index in [-0.39, 0.29) is 30.9 Å². The Morgan fingerprint density at radius 2 is 1.75 bits per heavy atom. The molecule has 0 saturated heterocycles. The summed E-state index contributed by atoms with van der Waals surface area (Å²) >= 11 is 0. The van der Waals surface area contributed by atoms with E-state index in [0.29, 0.717) is 17.2 Å². The third-order valence-corrected chi connectivity index (χ3v) is 5.03. The van der Waals surface area contributed by atoms with Crippen molar-refractivity contribution in [3.63, 3.8) is 0 Å². The molecule has 0 saturated carbocycles. The Hall–Kier alpha value is -3.68. The number of phenols is 1. The van der Waals surface area contributed by atoms with Crippen LogP contribution in [0.3, 0.4) is 0 Å². The summed E-state index contributed by atoms with van der Waals surface area (Å²) in [5.74, 6) is 0.330. The predicted molar refractivity (Wildman–Crippen MR) is 116 cm³/mol. The van der Waals surface area contributed by atoms with E-state index in [4.69, 9.17) is 23.7 Å². The molecule has 2 atom stereocenters. The van der Waals surface area contributed by atoms with Crippen molar-refractivity contribution in [2.45, 2.75) is 25.9 Å². The fourth-order valence-corrected chi connectivity index (χ4v) is 3.57. The van der Waals surface area contributed by atoms with Gasteiger partial charge in [-0.05, 0) is 41.5 Å². The number of esters is 2. The molecule has 8 nitrogen and oxygen atoms in total. The van der Waals surface area contributed by atoms with Crippen LogP contribution >= 0.6 is 0 Å². The molecule has 32 heavy (non-hydrogen) atoms. The van der Waals surface area contributed by atoms with Crippen molar-refractivity contribution < 1.29 is 38.4 Å². The first kappa shape index (κ1) is 23.0. The van der Waals surface area contributed by atoms with Crippen LogP contribution < -0.4 is 14.2 Å². The van der Waals surface area contributed by atoms with E-state index in [1.165, 1.54) is 27.0 Å². The summed E-state index contributed by atoms with van der Waals surface area (Å²) in [6.07, 6.45) is 3.04. The van der Waals surface area contributed by atoms with Crippen LogP contribution in [0.1, 0.15) is 42.6 Å². The lowest BCUT2D eigenvalue weighted by Gasteiger charge is -2.20. The highest BCUT2D eigenvalue weighted by molar-refractivity contribution is 5.67. The van der Waals surface area contributed by atoms with Crippen LogP contribution in [0.25, 0.3) is 6.08 Å². The molecule has 1 heterocycles. The monoisotopic (exact) mass is 442 g/mol. The first-order valence-corrected chi connectivity index (χ1v) is 10.0. The van der Waals surface area contributed by atoms with Gasteiger partial charge in [0.1, 0.15) is 19.3 Å². The van der Waals surface area contributed by atoms with Crippen LogP contribution in [0, 0.1) is 0 Å². The maximum Gasteiger partial charge on any atom is 0.302 e. The van der Waals surface area contributed by atoms with Gasteiger partial charge in [0, 0.05) is 19.4 Å². The lowest BCUT2D eigenvalue weighted by atomic mass is 9.90. The Morgan fingerprint density at radius 1 is 1.03 bits per heavy atom. The van der Waals surface area contributed by atoms with Crippen molar-refractivity contribution in [1.82, 2.24) is 0 Å².